The molecule has 1 atom stereocenters. The highest BCUT2D eigenvalue weighted by Gasteiger charge is 2.23. The van der Waals surface area contributed by atoms with E-state index in [1.165, 1.54) is 0 Å². The van der Waals surface area contributed by atoms with Crippen LogP contribution in [0.1, 0.15) is 43.7 Å². The van der Waals surface area contributed by atoms with Crippen LogP contribution in [0.15, 0.2) is 66.9 Å². The standard InChI is InChI=1S/C39H44Cl2N6O4/c1-24(48)47-18-15-28(16-19-47)44-22-27-6-4-9-33(39(27)51-3)46-32-8-5-7-30(36(32)40)31-14-17-43-38(37(31)41)25-10-11-26(34(20-25)50-2)21-42-23-29-12-13-35(49)45-29/h4-11,14,17,20,28-29,42,44,46H,12-13,15-16,18-19,21-23H2,1-3H3,(H,45,49)/t29-/m1/s1. The van der Waals surface area contributed by atoms with Crippen LogP contribution in [0.25, 0.3) is 22.4 Å². The van der Waals surface area contributed by atoms with Crippen LogP contribution in [0.2, 0.25) is 10.0 Å². The molecule has 2 aliphatic heterocycles. The smallest absolute Gasteiger partial charge is 0.220 e. The molecule has 3 heterocycles. The number of anilines is 2. The number of hydrogen-bond acceptors (Lipinski definition) is 8. The number of methoxy groups -OCH3 is 2. The summed E-state index contributed by atoms with van der Waals surface area (Å²) in [6.07, 6.45) is 4.99. The third-order valence-electron chi connectivity index (χ3n) is 9.62. The SMILES string of the molecule is COc1cc(-c2nccc(-c3cccc(Nc4cccc(CNC5CCN(C(C)=O)CC5)c4OC)c3Cl)c2Cl)ccc1CNC[C@H]1CCC(=O)N1. The molecule has 2 amide bonds. The van der Waals surface area contributed by atoms with Crippen molar-refractivity contribution in [2.24, 2.45) is 0 Å². The number of para-hydroxylation sites is 1. The number of carbonyl (C=O) groups excluding carboxylic acids is 2. The first-order chi connectivity index (χ1) is 24.7. The van der Waals surface area contributed by atoms with Crippen LogP contribution in [0.5, 0.6) is 11.5 Å². The first kappa shape index (κ1) is 36.4. The largest absolute Gasteiger partial charge is 0.496 e. The summed E-state index contributed by atoms with van der Waals surface area (Å²) in [7, 11) is 3.31. The van der Waals surface area contributed by atoms with Crippen molar-refractivity contribution in [1.82, 2.24) is 25.8 Å². The number of likely N-dealkylation sites (tertiary alicyclic amines) is 1. The van der Waals surface area contributed by atoms with Gasteiger partial charge in [-0.25, -0.2) is 0 Å². The third-order valence-corrected chi connectivity index (χ3v) is 10.4. The highest BCUT2D eigenvalue weighted by atomic mass is 35.5. The van der Waals surface area contributed by atoms with Gasteiger partial charge in [-0.05, 0) is 43.5 Å². The number of rotatable bonds is 13. The van der Waals surface area contributed by atoms with Crippen molar-refractivity contribution in [1.29, 1.82) is 0 Å². The lowest BCUT2D eigenvalue weighted by molar-refractivity contribution is -0.130. The maximum atomic E-state index is 11.7. The lowest BCUT2D eigenvalue weighted by atomic mass is 10.0. The van der Waals surface area contributed by atoms with Crippen LogP contribution < -0.4 is 30.7 Å². The first-order valence-electron chi connectivity index (χ1n) is 17.3. The van der Waals surface area contributed by atoms with Gasteiger partial charge >= 0.3 is 0 Å². The van der Waals surface area contributed by atoms with Gasteiger partial charge in [-0.2, -0.15) is 0 Å². The average Bonchev–Trinajstić information content (AvgIpc) is 3.56. The predicted octanol–water partition coefficient (Wildman–Crippen LogP) is 6.95. The molecule has 2 saturated heterocycles. The van der Waals surface area contributed by atoms with Crippen molar-refractivity contribution in [3.63, 3.8) is 0 Å². The van der Waals surface area contributed by atoms with Gasteiger partial charge in [0.05, 0.1) is 41.3 Å². The second-order valence-electron chi connectivity index (χ2n) is 12.9. The van der Waals surface area contributed by atoms with E-state index >= 15 is 0 Å². The number of aromatic nitrogens is 1. The molecule has 4 aromatic rings. The number of carbonyl (C=O) groups is 2. The highest BCUT2D eigenvalue weighted by molar-refractivity contribution is 6.39. The van der Waals surface area contributed by atoms with Crippen LogP contribution >= 0.6 is 23.2 Å². The molecule has 0 aliphatic carbocycles. The summed E-state index contributed by atoms with van der Waals surface area (Å²) in [4.78, 5) is 29.8. The van der Waals surface area contributed by atoms with Gasteiger partial charge in [0.2, 0.25) is 11.8 Å². The van der Waals surface area contributed by atoms with Gasteiger partial charge in [-0.15, -0.1) is 0 Å². The molecule has 12 heteroatoms. The Morgan fingerprint density at radius 3 is 2.41 bits per heavy atom. The zero-order chi connectivity index (χ0) is 35.9. The molecule has 2 fully saturated rings. The molecular weight excluding hydrogens is 687 g/mol. The summed E-state index contributed by atoms with van der Waals surface area (Å²) in [5.74, 6) is 1.68. The molecule has 4 N–H and O–H groups in total. The van der Waals surface area contributed by atoms with Crippen LogP contribution in [-0.4, -0.2) is 67.6 Å². The molecule has 2 aliphatic rings. The zero-order valence-electron chi connectivity index (χ0n) is 29.2. The fourth-order valence-electron chi connectivity index (χ4n) is 6.80. The Labute approximate surface area is 309 Å². The number of nitrogens with one attached hydrogen (secondary N) is 4. The average molecular weight is 732 g/mol. The molecule has 3 aromatic carbocycles. The third kappa shape index (κ3) is 8.59. The lowest BCUT2D eigenvalue weighted by Crippen LogP contribution is -2.43. The Morgan fingerprint density at radius 1 is 0.922 bits per heavy atom. The topological polar surface area (TPSA) is 117 Å². The van der Waals surface area contributed by atoms with E-state index in [1.54, 1.807) is 27.3 Å². The van der Waals surface area contributed by atoms with Gasteiger partial charge in [0.15, 0.2) is 0 Å². The fourth-order valence-corrected chi connectivity index (χ4v) is 7.40. The Bertz CT molecular complexity index is 1880. The van der Waals surface area contributed by atoms with Gasteiger partial charge in [-0.1, -0.05) is 59.6 Å². The lowest BCUT2D eigenvalue weighted by Gasteiger charge is -2.32. The number of nitrogens with zero attached hydrogens (tertiary/aromatic N) is 2. The minimum atomic E-state index is 0.106. The Morgan fingerprint density at radius 2 is 1.69 bits per heavy atom. The molecule has 0 bridgehead atoms. The second-order valence-corrected chi connectivity index (χ2v) is 13.7. The van der Waals surface area contributed by atoms with Crippen molar-refractivity contribution >= 4 is 46.4 Å². The van der Waals surface area contributed by atoms with Gasteiger partial charge in [0.1, 0.15) is 11.5 Å². The predicted molar refractivity (Wildman–Crippen MR) is 203 cm³/mol. The fraction of sp³-hybridized carbons (Fsp3) is 0.359. The summed E-state index contributed by atoms with van der Waals surface area (Å²) < 4.78 is 11.6. The first-order valence-corrected chi connectivity index (χ1v) is 18.0. The second kappa shape index (κ2) is 16.8. The van der Waals surface area contributed by atoms with Crippen molar-refractivity contribution < 1.29 is 19.1 Å². The van der Waals surface area contributed by atoms with Gasteiger partial charge < -0.3 is 35.6 Å². The molecule has 10 nitrogen and oxygen atoms in total. The minimum absolute atomic E-state index is 0.106. The quantitative estimate of drug-likeness (QED) is 0.117. The van der Waals surface area contributed by atoms with Crippen LogP contribution in [0, 0.1) is 0 Å². The molecule has 0 saturated carbocycles. The van der Waals surface area contributed by atoms with E-state index in [0.717, 1.165) is 71.6 Å². The van der Waals surface area contributed by atoms with E-state index in [0.29, 0.717) is 59.3 Å². The van der Waals surface area contributed by atoms with Crippen LogP contribution in [0.3, 0.4) is 0 Å². The normalized spacial score (nSPS) is 16.2. The summed E-state index contributed by atoms with van der Waals surface area (Å²) in [5, 5.41) is 14.5. The van der Waals surface area contributed by atoms with Crippen molar-refractivity contribution in [3.8, 4) is 33.9 Å². The van der Waals surface area contributed by atoms with E-state index in [2.05, 4.69) is 26.3 Å². The monoisotopic (exact) mass is 730 g/mol. The van der Waals surface area contributed by atoms with E-state index in [4.69, 9.17) is 32.7 Å². The number of piperidine rings is 1. The van der Waals surface area contributed by atoms with Crippen molar-refractivity contribution in [3.05, 3.63) is 88.0 Å². The molecule has 0 spiro atoms. The molecule has 268 valence electrons. The molecule has 51 heavy (non-hydrogen) atoms. The molecule has 6 rings (SSSR count). The highest BCUT2D eigenvalue weighted by Crippen LogP contribution is 2.42. The van der Waals surface area contributed by atoms with Gasteiger partial charge in [-0.3, -0.25) is 14.6 Å². The summed E-state index contributed by atoms with van der Waals surface area (Å²) in [6.45, 7) is 5.09. The maximum absolute atomic E-state index is 11.7. The number of hydrogen-bond donors (Lipinski definition) is 4. The van der Waals surface area contributed by atoms with E-state index in [9.17, 15) is 9.59 Å². The number of pyridine rings is 1. The number of amides is 2. The Kier molecular flexibility index (Phi) is 12.0. The van der Waals surface area contributed by atoms with E-state index < -0.39 is 0 Å². The number of ether oxygens (including phenoxy) is 2. The minimum Gasteiger partial charge on any atom is -0.496 e. The Hall–Kier alpha value is -4.35. The molecular formula is C39H44Cl2N6O4. The zero-order valence-corrected chi connectivity index (χ0v) is 30.7. The summed E-state index contributed by atoms with van der Waals surface area (Å²) >= 11 is 14.2. The van der Waals surface area contributed by atoms with Crippen molar-refractivity contribution in [2.45, 2.75) is 57.8 Å². The van der Waals surface area contributed by atoms with Crippen LogP contribution in [0.4, 0.5) is 11.4 Å². The number of benzene rings is 3. The number of halogens is 2. The Balaban J connectivity index is 1.18. The van der Waals surface area contributed by atoms with Gasteiger partial charge in [0, 0.05) is 92.2 Å². The van der Waals surface area contributed by atoms with Gasteiger partial charge in [0.25, 0.3) is 0 Å². The summed E-state index contributed by atoms with van der Waals surface area (Å²) in [6, 6.07) is 20.1. The summed E-state index contributed by atoms with van der Waals surface area (Å²) in [5.41, 5.74) is 6.45. The van der Waals surface area contributed by atoms with E-state index in [1.807, 2.05) is 65.6 Å². The molecule has 1 aromatic heterocycles. The van der Waals surface area contributed by atoms with Crippen molar-refractivity contribution in [2.75, 3.05) is 39.2 Å². The van der Waals surface area contributed by atoms with E-state index in [-0.39, 0.29) is 17.9 Å². The molecule has 0 unspecified atom stereocenters. The molecule has 0 radical (unpaired) electrons. The maximum Gasteiger partial charge on any atom is 0.220 e. The van der Waals surface area contributed by atoms with Crippen LogP contribution in [-0.2, 0) is 22.7 Å².